The number of benzene rings is 1. The number of nitrogens with one attached hydrogen (secondary N) is 1. The largest absolute Gasteiger partial charge is 0.481 e. The van der Waals surface area contributed by atoms with Crippen molar-refractivity contribution in [1.29, 1.82) is 0 Å². The summed E-state index contributed by atoms with van der Waals surface area (Å²) >= 11 is 0. The van der Waals surface area contributed by atoms with Crippen molar-refractivity contribution >= 4 is 11.9 Å². The molecule has 4 heteroatoms. The first-order valence-electron chi connectivity index (χ1n) is 9.55. The van der Waals surface area contributed by atoms with Gasteiger partial charge in [0.05, 0.1) is 17.9 Å². The summed E-state index contributed by atoms with van der Waals surface area (Å²) in [6.45, 7) is 6.36. The number of carboxylic acids is 1. The van der Waals surface area contributed by atoms with E-state index in [0.717, 1.165) is 31.2 Å². The number of aliphatic carboxylic acids is 1. The fourth-order valence-electron chi connectivity index (χ4n) is 4.77. The van der Waals surface area contributed by atoms with Gasteiger partial charge in [-0.3, -0.25) is 9.59 Å². The molecule has 0 aliphatic heterocycles. The molecular weight excluding hydrogens is 314 g/mol. The Hall–Kier alpha value is -1.84. The van der Waals surface area contributed by atoms with Crippen LogP contribution in [0.15, 0.2) is 24.3 Å². The highest BCUT2D eigenvalue weighted by Gasteiger charge is 2.54. The van der Waals surface area contributed by atoms with E-state index in [1.807, 2.05) is 6.92 Å². The maximum absolute atomic E-state index is 12.8. The molecule has 0 unspecified atom stereocenters. The highest BCUT2D eigenvalue weighted by atomic mass is 16.4. The number of carbonyl (C=O) groups is 2. The van der Waals surface area contributed by atoms with Gasteiger partial charge in [0.2, 0.25) is 5.91 Å². The van der Waals surface area contributed by atoms with Crippen molar-refractivity contribution in [3.8, 4) is 0 Å². The first kappa shape index (κ1) is 18.0. The van der Waals surface area contributed by atoms with Crippen molar-refractivity contribution in [3.05, 3.63) is 35.4 Å². The molecule has 2 bridgehead atoms. The molecule has 0 spiro atoms. The molecule has 1 amide bonds. The maximum Gasteiger partial charge on any atom is 0.307 e. The van der Waals surface area contributed by atoms with E-state index in [2.05, 4.69) is 43.4 Å². The summed E-state index contributed by atoms with van der Waals surface area (Å²) < 4.78 is 0. The van der Waals surface area contributed by atoms with Gasteiger partial charge in [-0.2, -0.15) is 0 Å². The van der Waals surface area contributed by atoms with Crippen LogP contribution in [0.3, 0.4) is 0 Å². The van der Waals surface area contributed by atoms with Gasteiger partial charge in [-0.25, -0.2) is 0 Å². The van der Waals surface area contributed by atoms with Crippen LogP contribution in [0.1, 0.15) is 69.5 Å². The van der Waals surface area contributed by atoms with Crippen LogP contribution in [-0.4, -0.2) is 17.0 Å². The summed E-state index contributed by atoms with van der Waals surface area (Å²) in [5.41, 5.74) is 2.37. The molecule has 2 aliphatic rings. The molecule has 1 aromatic rings. The molecule has 1 aromatic carbocycles. The Balaban J connectivity index is 1.67. The van der Waals surface area contributed by atoms with E-state index in [9.17, 15) is 14.7 Å². The fraction of sp³-hybridized carbons (Fsp3) is 0.619. The molecule has 2 N–H and O–H groups in total. The second kappa shape index (κ2) is 7.19. The Morgan fingerprint density at radius 3 is 2.20 bits per heavy atom. The van der Waals surface area contributed by atoms with Crippen LogP contribution in [-0.2, 0) is 9.59 Å². The maximum atomic E-state index is 12.8. The SMILES string of the molecule is CC[C@@H](C)c1ccc([C@H](C)NC(=O)[C@@H]2[C@@H]3CC[C@@H](C3)[C@@H]2C(=O)O)cc1. The van der Waals surface area contributed by atoms with Crippen LogP contribution >= 0.6 is 0 Å². The second-order valence-corrected chi connectivity index (χ2v) is 7.93. The van der Waals surface area contributed by atoms with E-state index in [-0.39, 0.29) is 29.7 Å². The smallest absolute Gasteiger partial charge is 0.307 e. The van der Waals surface area contributed by atoms with Gasteiger partial charge in [-0.15, -0.1) is 0 Å². The van der Waals surface area contributed by atoms with Crippen molar-refractivity contribution in [3.63, 3.8) is 0 Å². The number of carboxylic acid groups (broad SMARTS) is 1. The van der Waals surface area contributed by atoms with E-state index >= 15 is 0 Å². The fourth-order valence-corrected chi connectivity index (χ4v) is 4.77. The van der Waals surface area contributed by atoms with Crippen molar-refractivity contribution in [1.82, 2.24) is 5.32 Å². The highest BCUT2D eigenvalue weighted by Crippen LogP contribution is 2.52. The Morgan fingerprint density at radius 2 is 1.64 bits per heavy atom. The topological polar surface area (TPSA) is 66.4 Å². The average molecular weight is 343 g/mol. The van der Waals surface area contributed by atoms with Gasteiger partial charge in [-0.1, -0.05) is 38.1 Å². The van der Waals surface area contributed by atoms with Gasteiger partial charge in [0.1, 0.15) is 0 Å². The van der Waals surface area contributed by atoms with E-state index in [0.29, 0.717) is 5.92 Å². The number of hydrogen-bond donors (Lipinski definition) is 2. The van der Waals surface area contributed by atoms with Crippen LogP contribution in [0, 0.1) is 23.7 Å². The third-order valence-electron chi connectivity index (χ3n) is 6.48. The Labute approximate surface area is 150 Å². The van der Waals surface area contributed by atoms with Gasteiger partial charge in [0.25, 0.3) is 0 Å². The predicted octanol–water partition coefficient (Wildman–Crippen LogP) is 4.12. The lowest BCUT2D eigenvalue weighted by Gasteiger charge is -2.28. The van der Waals surface area contributed by atoms with Crippen molar-refractivity contribution < 1.29 is 14.7 Å². The third kappa shape index (κ3) is 3.44. The first-order valence-corrected chi connectivity index (χ1v) is 9.55. The van der Waals surface area contributed by atoms with Gasteiger partial charge < -0.3 is 10.4 Å². The second-order valence-electron chi connectivity index (χ2n) is 7.93. The minimum absolute atomic E-state index is 0.0851. The summed E-state index contributed by atoms with van der Waals surface area (Å²) in [5.74, 6) is -0.799. The van der Waals surface area contributed by atoms with Crippen LogP contribution in [0.5, 0.6) is 0 Å². The van der Waals surface area contributed by atoms with Gasteiger partial charge in [0, 0.05) is 0 Å². The zero-order valence-electron chi connectivity index (χ0n) is 15.4. The molecule has 2 aliphatic carbocycles. The normalized spacial score (nSPS) is 30.0. The molecule has 2 saturated carbocycles. The Kier molecular flexibility index (Phi) is 5.16. The minimum Gasteiger partial charge on any atom is -0.481 e. The van der Waals surface area contributed by atoms with Crippen LogP contribution in [0.2, 0.25) is 0 Å². The molecule has 0 heterocycles. The Bertz CT molecular complexity index is 639. The van der Waals surface area contributed by atoms with E-state index in [4.69, 9.17) is 0 Å². The van der Waals surface area contributed by atoms with Crippen LogP contribution in [0.25, 0.3) is 0 Å². The van der Waals surface area contributed by atoms with Crippen molar-refractivity contribution in [2.24, 2.45) is 23.7 Å². The minimum atomic E-state index is -0.807. The van der Waals surface area contributed by atoms with Gasteiger partial charge in [-0.05, 0) is 61.5 Å². The molecule has 0 saturated heterocycles. The quantitative estimate of drug-likeness (QED) is 0.816. The third-order valence-corrected chi connectivity index (χ3v) is 6.48. The predicted molar refractivity (Wildman–Crippen MR) is 97.2 cm³/mol. The van der Waals surface area contributed by atoms with E-state index in [1.54, 1.807) is 0 Å². The lowest BCUT2D eigenvalue weighted by molar-refractivity contribution is -0.149. The average Bonchev–Trinajstić information content (AvgIpc) is 3.22. The summed E-state index contributed by atoms with van der Waals surface area (Å²) in [7, 11) is 0. The number of carbonyl (C=O) groups excluding carboxylic acids is 1. The van der Waals surface area contributed by atoms with Crippen molar-refractivity contribution in [2.45, 2.75) is 58.4 Å². The van der Waals surface area contributed by atoms with Crippen LogP contribution < -0.4 is 5.32 Å². The molecule has 6 atom stereocenters. The summed E-state index contributed by atoms with van der Waals surface area (Å²) in [6.07, 6.45) is 3.95. The zero-order chi connectivity index (χ0) is 18.1. The molecular formula is C21H29NO3. The molecule has 136 valence electrons. The highest BCUT2D eigenvalue weighted by molar-refractivity contribution is 5.86. The number of amides is 1. The Morgan fingerprint density at radius 1 is 1.08 bits per heavy atom. The van der Waals surface area contributed by atoms with Gasteiger partial charge >= 0.3 is 5.97 Å². The monoisotopic (exact) mass is 343 g/mol. The molecule has 0 radical (unpaired) electrons. The zero-order valence-corrected chi connectivity index (χ0v) is 15.4. The number of hydrogen-bond acceptors (Lipinski definition) is 2. The first-order chi connectivity index (χ1) is 11.9. The van der Waals surface area contributed by atoms with E-state index < -0.39 is 11.9 Å². The molecule has 3 rings (SSSR count). The molecule has 4 nitrogen and oxygen atoms in total. The van der Waals surface area contributed by atoms with E-state index in [1.165, 1.54) is 5.56 Å². The standard InChI is InChI=1S/C21H29NO3/c1-4-12(2)14-5-7-15(8-6-14)13(3)22-20(23)18-16-9-10-17(11-16)19(18)21(24)25/h5-8,12-13,16-19H,4,9-11H2,1-3H3,(H,22,23)(H,24,25)/t12-,13+,16-,17+,18-,19+/m1/s1. The number of fused-ring (bicyclic) bond motifs is 2. The molecule has 0 aromatic heterocycles. The molecule has 25 heavy (non-hydrogen) atoms. The summed E-state index contributed by atoms with van der Waals surface area (Å²) in [6, 6.07) is 8.30. The molecule has 2 fully saturated rings. The number of rotatable bonds is 6. The summed E-state index contributed by atoms with van der Waals surface area (Å²) in [5, 5.41) is 12.6. The lowest BCUT2D eigenvalue weighted by Crippen LogP contribution is -2.42. The lowest BCUT2D eigenvalue weighted by atomic mass is 9.78. The van der Waals surface area contributed by atoms with Crippen molar-refractivity contribution in [2.75, 3.05) is 0 Å². The summed E-state index contributed by atoms with van der Waals surface area (Å²) in [4.78, 5) is 24.4. The van der Waals surface area contributed by atoms with Gasteiger partial charge in [0.15, 0.2) is 0 Å². The van der Waals surface area contributed by atoms with Crippen LogP contribution in [0.4, 0.5) is 0 Å².